The smallest absolute Gasteiger partial charge is 0.0725 e. The summed E-state index contributed by atoms with van der Waals surface area (Å²) in [5.41, 5.74) is 27.0. The van der Waals surface area contributed by atoms with Crippen LogP contribution in [0.1, 0.15) is 45.9 Å². The largest absolute Gasteiger partial charge is 0.326 e. The van der Waals surface area contributed by atoms with Crippen LogP contribution in [0.3, 0.4) is 0 Å². The standard InChI is InChI=1S/C51H37N.C14H13N.C7H8/c1-3-13-46-36(4-2)40-18-7-9-22-47(40)51(46)48-23-10-8-19-41(48)45-30-35(25-27-49(45)51)37-20-12-21-42-38-16-5-6-17-39(38)44-29-34(24-26-43(44)50(37)42)33-15-11-14-32(28-33)31-52;1-15-11-12-7-9-14(10-8-12)13-5-3-2-4-6-13;1-7-5-3-2-4-6-7/h3-30H,2,31,52H2,1H3;2-10H,1,11H2;2-6H,1H3/b13-3-;;. The Morgan fingerprint density at radius 3 is 1.68 bits per heavy atom. The van der Waals surface area contributed by atoms with E-state index in [0.717, 1.165) is 5.56 Å². The quantitative estimate of drug-likeness (QED) is 0.120. The Hall–Kier alpha value is -8.95. The summed E-state index contributed by atoms with van der Waals surface area (Å²) in [7, 11) is 0. The maximum absolute atomic E-state index is 6.03. The second-order valence-electron chi connectivity index (χ2n) is 19.2. The Bertz CT molecular complexity index is 3950. The molecule has 2 nitrogen and oxygen atoms in total. The van der Waals surface area contributed by atoms with Crippen molar-refractivity contribution in [2.75, 3.05) is 0 Å². The second kappa shape index (κ2) is 20.6. The summed E-state index contributed by atoms with van der Waals surface area (Å²) in [6, 6.07) is 85.4. The van der Waals surface area contributed by atoms with Crippen LogP contribution in [-0.2, 0) is 18.5 Å². The number of nitrogens with zero attached hydrogens (tertiary/aromatic N) is 1. The molecule has 2 N–H and O–H groups in total. The summed E-state index contributed by atoms with van der Waals surface area (Å²) >= 11 is 0. The molecule has 0 aliphatic heterocycles. The van der Waals surface area contributed by atoms with E-state index in [1.165, 1.54) is 121 Å². The summed E-state index contributed by atoms with van der Waals surface area (Å²) in [5, 5.41) is 7.62. The van der Waals surface area contributed by atoms with Crippen LogP contribution in [0.2, 0.25) is 0 Å². The van der Waals surface area contributed by atoms with Crippen molar-refractivity contribution in [1.82, 2.24) is 0 Å². The molecule has 0 saturated heterocycles. The zero-order valence-electron chi connectivity index (χ0n) is 42.1. The summed E-state index contributed by atoms with van der Waals surface area (Å²) in [6.07, 6.45) is 6.52. The van der Waals surface area contributed by atoms with E-state index in [0.29, 0.717) is 13.1 Å². The Balaban J connectivity index is 0.000000220. The average molecular weight is 951 g/mol. The molecule has 2 aliphatic carbocycles. The first-order chi connectivity index (χ1) is 36.5. The molecule has 2 heteroatoms. The van der Waals surface area contributed by atoms with Crippen molar-refractivity contribution in [3.8, 4) is 44.5 Å². The molecule has 356 valence electrons. The lowest BCUT2D eigenvalue weighted by Gasteiger charge is -2.31. The highest BCUT2D eigenvalue weighted by Gasteiger charge is 2.51. The first kappa shape index (κ1) is 47.4. The normalized spacial score (nSPS) is 14.0. The Morgan fingerprint density at radius 1 is 0.446 bits per heavy atom. The molecule has 0 radical (unpaired) electrons. The lowest BCUT2D eigenvalue weighted by molar-refractivity contribution is 0.786. The zero-order chi connectivity index (χ0) is 50.6. The minimum Gasteiger partial charge on any atom is -0.326 e. The molecule has 2 aliphatic rings. The highest BCUT2D eigenvalue weighted by molar-refractivity contribution is 6.29. The summed E-state index contributed by atoms with van der Waals surface area (Å²) in [5.74, 6) is 0. The molecule has 0 aromatic heterocycles. The molecular formula is C72H58N2. The fourth-order valence-electron chi connectivity index (χ4n) is 11.6. The molecular weight excluding hydrogens is 893 g/mol. The number of aliphatic imine (C=N–C) groups is 1. The molecule has 74 heavy (non-hydrogen) atoms. The molecule has 11 aromatic rings. The number of rotatable bonds is 8. The fourth-order valence-corrected chi connectivity index (χ4v) is 11.6. The first-order valence-electron chi connectivity index (χ1n) is 25.6. The molecule has 13 rings (SSSR count). The molecule has 0 amide bonds. The summed E-state index contributed by atoms with van der Waals surface area (Å²) in [6.45, 7) is 13.2. The highest BCUT2D eigenvalue weighted by atomic mass is 14.7. The van der Waals surface area contributed by atoms with Gasteiger partial charge in [0.2, 0.25) is 0 Å². The monoisotopic (exact) mass is 950 g/mol. The van der Waals surface area contributed by atoms with E-state index in [9.17, 15) is 0 Å². The Morgan fingerprint density at radius 2 is 0.986 bits per heavy atom. The number of hydrogen-bond donors (Lipinski definition) is 1. The van der Waals surface area contributed by atoms with Gasteiger partial charge in [-0.3, -0.25) is 4.99 Å². The lowest BCUT2D eigenvalue weighted by Crippen LogP contribution is -2.26. The molecule has 0 saturated carbocycles. The third-order valence-corrected chi connectivity index (χ3v) is 14.9. The third-order valence-electron chi connectivity index (χ3n) is 14.9. The van der Waals surface area contributed by atoms with Crippen LogP contribution in [0.15, 0.2) is 272 Å². The van der Waals surface area contributed by atoms with Crippen molar-refractivity contribution in [3.63, 3.8) is 0 Å². The Labute approximate surface area is 435 Å². The van der Waals surface area contributed by atoms with Gasteiger partial charge in [-0.25, -0.2) is 0 Å². The topological polar surface area (TPSA) is 38.4 Å². The van der Waals surface area contributed by atoms with E-state index >= 15 is 0 Å². The molecule has 0 fully saturated rings. The number of nitrogens with two attached hydrogens (primary N) is 1. The van der Waals surface area contributed by atoms with Gasteiger partial charge in [0, 0.05) is 6.54 Å². The van der Waals surface area contributed by atoms with Gasteiger partial charge in [-0.15, -0.1) is 0 Å². The van der Waals surface area contributed by atoms with E-state index in [1.54, 1.807) is 0 Å². The van der Waals surface area contributed by atoms with Gasteiger partial charge in [0.05, 0.1) is 12.0 Å². The molecule has 1 unspecified atom stereocenters. The van der Waals surface area contributed by atoms with Gasteiger partial charge in [0.25, 0.3) is 0 Å². The van der Waals surface area contributed by atoms with Crippen molar-refractivity contribution in [2.24, 2.45) is 10.7 Å². The summed E-state index contributed by atoms with van der Waals surface area (Å²) < 4.78 is 0. The van der Waals surface area contributed by atoms with E-state index in [2.05, 4.69) is 257 Å². The van der Waals surface area contributed by atoms with Crippen LogP contribution in [0.25, 0.3) is 82.4 Å². The van der Waals surface area contributed by atoms with Gasteiger partial charge in [-0.1, -0.05) is 249 Å². The van der Waals surface area contributed by atoms with Gasteiger partial charge in [-0.2, -0.15) is 0 Å². The third kappa shape index (κ3) is 8.39. The van der Waals surface area contributed by atoms with E-state index < -0.39 is 5.41 Å². The van der Waals surface area contributed by atoms with Crippen molar-refractivity contribution in [1.29, 1.82) is 0 Å². The van der Waals surface area contributed by atoms with Gasteiger partial charge in [0.1, 0.15) is 0 Å². The van der Waals surface area contributed by atoms with Crippen LogP contribution in [-0.4, -0.2) is 6.72 Å². The van der Waals surface area contributed by atoms with Crippen molar-refractivity contribution < 1.29 is 0 Å². The highest BCUT2D eigenvalue weighted by Crippen LogP contribution is 2.62. The zero-order valence-corrected chi connectivity index (χ0v) is 42.1. The second-order valence-corrected chi connectivity index (χ2v) is 19.2. The lowest BCUT2D eigenvalue weighted by atomic mass is 9.69. The van der Waals surface area contributed by atoms with Gasteiger partial charge < -0.3 is 5.73 Å². The minimum absolute atomic E-state index is 0.406. The number of benzene rings is 11. The van der Waals surface area contributed by atoms with Crippen LogP contribution < -0.4 is 5.73 Å². The predicted octanol–water partition coefficient (Wildman–Crippen LogP) is 18.3. The van der Waals surface area contributed by atoms with Crippen LogP contribution in [0, 0.1) is 6.92 Å². The van der Waals surface area contributed by atoms with Gasteiger partial charge in [-0.05, 0) is 160 Å². The number of fused-ring (bicyclic) bond motifs is 13. The molecule has 1 spiro atoms. The maximum atomic E-state index is 6.03. The fraction of sp³-hybridized carbons (Fsp3) is 0.0694. The van der Waals surface area contributed by atoms with Gasteiger partial charge in [0.15, 0.2) is 0 Å². The molecule has 0 bridgehead atoms. The SMILES string of the molecule is C=CC1=C(/C=C\C)C2(c3ccccc31)c1ccccc1-c1cc(-c3cccc4c5ccccc5c5cc(-c6cccc(CN)c6)ccc5c34)ccc12.C=NCc1ccc(-c2ccccc2)cc1.Cc1ccccc1. The van der Waals surface area contributed by atoms with Crippen LogP contribution >= 0.6 is 0 Å². The molecule has 1 atom stereocenters. The van der Waals surface area contributed by atoms with Crippen LogP contribution in [0.5, 0.6) is 0 Å². The number of allylic oxidation sites excluding steroid dienone is 5. The van der Waals surface area contributed by atoms with E-state index in [4.69, 9.17) is 5.73 Å². The maximum Gasteiger partial charge on any atom is 0.0725 e. The number of hydrogen-bond acceptors (Lipinski definition) is 2. The summed E-state index contributed by atoms with van der Waals surface area (Å²) in [4.78, 5) is 3.86. The van der Waals surface area contributed by atoms with E-state index in [-0.39, 0.29) is 0 Å². The van der Waals surface area contributed by atoms with Crippen molar-refractivity contribution in [2.45, 2.75) is 32.4 Å². The predicted molar refractivity (Wildman–Crippen MR) is 318 cm³/mol. The van der Waals surface area contributed by atoms with Crippen molar-refractivity contribution in [3.05, 3.63) is 306 Å². The Kier molecular flexibility index (Phi) is 13.2. The molecule has 0 heterocycles. The van der Waals surface area contributed by atoms with Gasteiger partial charge >= 0.3 is 0 Å². The van der Waals surface area contributed by atoms with Crippen LogP contribution in [0.4, 0.5) is 0 Å². The minimum atomic E-state index is -0.406. The van der Waals surface area contributed by atoms with E-state index in [1.807, 2.05) is 30.3 Å². The molecule has 11 aromatic carbocycles. The average Bonchev–Trinajstić information content (AvgIpc) is 3.92. The van der Waals surface area contributed by atoms with Crippen molar-refractivity contribution >= 4 is 44.6 Å². The number of aryl methyl sites for hydroxylation is 1. The first-order valence-corrected chi connectivity index (χ1v) is 25.6.